The van der Waals surface area contributed by atoms with E-state index in [1.165, 1.54) is 16.5 Å². The zero-order valence-electron chi connectivity index (χ0n) is 13.3. The van der Waals surface area contributed by atoms with Gasteiger partial charge in [-0.3, -0.25) is 0 Å². The van der Waals surface area contributed by atoms with Gasteiger partial charge in [-0.05, 0) is 50.1 Å². The molecule has 0 saturated heterocycles. The molecule has 0 aliphatic rings. The summed E-state index contributed by atoms with van der Waals surface area (Å²) in [6.45, 7) is 4.46. The van der Waals surface area contributed by atoms with Crippen molar-refractivity contribution in [2.45, 2.75) is 25.2 Å². The molecule has 2 N–H and O–H groups in total. The first kappa shape index (κ1) is 15.8. The van der Waals surface area contributed by atoms with E-state index in [1.807, 2.05) is 6.92 Å². The molecular formula is C18H20N2O2S. The third-order valence-corrected chi connectivity index (χ3v) is 5.47. The number of sulfonamides is 1. The number of nitrogens with one attached hydrogen (secondary N) is 2. The first-order valence-electron chi connectivity index (χ1n) is 7.60. The number of hydrogen-bond acceptors (Lipinski definition) is 2. The van der Waals surface area contributed by atoms with E-state index in [1.54, 1.807) is 30.3 Å². The third kappa shape index (κ3) is 3.30. The molecular weight excluding hydrogens is 308 g/mol. The molecule has 0 radical (unpaired) electrons. The molecule has 0 spiro atoms. The molecule has 5 heteroatoms. The van der Waals surface area contributed by atoms with Crippen molar-refractivity contribution in [3.05, 3.63) is 65.4 Å². The molecule has 0 aliphatic carbocycles. The number of H-pyrrole nitrogens is 1. The molecule has 0 unspecified atom stereocenters. The number of aromatic amines is 1. The lowest BCUT2D eigenvalue weighted by Gasteiger charge is -2.07. The van der Waals surface area contributed by atoms with E-state index in [-0.39, 0.29) is 0 Å². The topological polar surface area (TPSA) is 62.0 Å². The van der Waals surface area contributed by atoms with Crippen molar-refractivity contribution in [3.8, 4) is 0 Å². The monoisotopic (exact) mass is 328 g/mol. The second-order valence-electron chi connectivity index (χ2n) is 5.74. The Morgan fingerprint density at radius 2 is 1.78 bits per heavy atom. The average Bonchev–Trinajstić information content (AvgIpc) is 2.84. The summed E-state index contributed by atoms with van der Waals surface area (Å²) in [5, 5.41) is 1.17. The van der Waals surface area contributed by atoms with Crippen LogP contribution < -0.4 is 4.72 Å². The van der Waals surface area contributed by atoms with Gasteiger partial charge in [0.25, 0.3) is 0 Å². The minimum absolute atomic E-state index is 0.298. The van der Waals surface area contributed by atoms with Gasteiger partial charge < -0.3 is 4.98 Å². The summed E-state index contributed by atoms with van der Waals surface area (Å²) in [7, 11) is -3.45. The molecule has 1 heterocycles. The maximum absolute atomic E-state index is 12.2. The maximum atomic E-state index is 12.2. The van der Waals surface area contributed by atoms with Crippen LogP contribution in [0.3, 0.4) is 0 Å². The average molecular weight is 328 g/mol. The molecule has 2 aromatic carbocycles. The van der Waals surface area contributed by atoms with Gasteiger partial charge >= 0.3 is 0 Å². The lowest BCUT2D eigenvalue weighted by Crippen LogP contribution is -2.26. The van der Waals surface area contributed by atoms with E-state index in [4.69, 9.17) is 0 Å². The van der Waals surface area contributed by atoms with Gasteiger partial charge in [-0.25, -0.2) is 13.1 Å². The summed E-state index contributed by atoms with van der Waals surface area (Å²) in [5.74, 6) is 0. The Kier molecular flexibility index (Phi) is 4.24. The Morgan fingerprint density at radius 1 is 1.04 bits per heavy atom. The molecule has 3 aromatic rings. The summed E-state index contributed by atoms with van der Waals surface area (Å²) >= 11 is 0. The number of fused-ring (bicyclic) bond motifs is 1. The van der Waals surface area contributed by atoms with Gasteiger partial charge in [0, 0.05) is 23.1 Å². The molecule has 4 nitrogen and oxygen atoms in total. The lowest BCUT2D eigenvalue weighted by atomic mass is 10.1. The van der Waals surface area contributed by atoms with Crippen LogP contribution in [0.25, 0.3) is 10.9 Å². The molecule has 1 aromatic heterocycles. The zero-order valence-corrected chi connectivity index (χ0v) is 14.1. The molecule has 0 atom stereocenters. The van der Waals surface area contributed by atoms with Crippen molar-refractivity contribution in [1.29, 1.82) is 0 Å². The highest BCUT2D eigenvalue weighted by molar-refractivity contribution is 7.89. The lowest BCUT2D eigenvalue weighted by molar-refractivity contribution is 0.581. The SMILES string of the molecule is Cc1ccc2[nH]c(C)c(CCNS(=O)(=O)c3ccccc3)c2c1. The summed E-state index contributed by atoms with van der Waals surface area (Å²) in [6.07, 6.45) is 0.654. The summed E-state index contributed by atoms with van der Waals surface area (Å²) in [5.41, 5.74) is 4.54. The van der Waals surface area contributed by atoms with E-state index in [9.17, 15) is 8.42 Å². The highest BCUT2D eigenvalue weighted by Crippen LogP contribution is 2.23. The quantitative estimate of drug-likeness (QED) is 0.755. The fourth-order valence-corrected chi connectivity index (χ4v) is 3.86. The van der Waals surface area contributed by atoms with Crippen LogP contribution in [0.4, 0.5) is 0 Å². The van der Waals surface area contributed by atoms with Crippen LogP contribution in [0.1, 0.15) is 16.8 Å². The number of benzene rings is 2. The van der Waals surface area contributed by atoms with Crippen molar-refractivity contribution < 1.29 is 8.42 Å². The smallest absolute Gasteiger partial charge is 0.240 e. The molecule has 120 valence electrons. The first-order valence-corrected chi connectivity index (χ1v) is 9.08. The zero-order chi connectivity index (χ0) is 16.4. The van der Waals surface area contributed by atoms with Crippen molar-refractivity contribution in [2.24, 2.45) is 0 Å². The highest BCUT2D eigenvalue weighted by atomic mass is 32.2. The van der Waals surface area contributed by atoms with Crippen LogP contribution in [0.2, 0.25) is 0 Å². The Hall–Kier alpha value is -2.11. The van der Waals surface area contributed by atoms with Gasteiger partial charge in [-0.1, -0.05) is 29.8 Å². The number of hydrogen-bond donors (Lipinski definition) is 2. The molecule has 0 fully saturated rings. The van der Waals surface area contributed by atoms with Crippen LogP contribution in [0.5, 0.6) is 0 Å². The van der Waals surface area contributed by atoms with Crippen molar-refractivity contribution in [1.82, 2.24) is 9.71 Å². The minimum atomic E-state index is -3.45. The summed E-state index contributed by atoms with van der Waals surface area (Å²) < 4.78 is 27.2. The number of rotatable bonds is 5. The van der Waals surface area contributed by atoms with Gasteiger partial charge in [0.15, 0.2) is 0 Å². The normalized spacial score (nSPS) is 11.9. The molecule has 0 aliphatic heterocycles. The Morgan fingerprint density at radius 3 is 2.52 bits per heavy atom. The number of aromatic nitrogens is 1. The molecule has 0 amide bonds. The van der Waals surface area contributed by atoms with Crippen LogP contribution in [-0.4, -0.2) is 19.9 Å². The predicted molar refractivity (Wildman–Crippen MR) is 93.1 cm³/mol. The van der Waals surface area contributed by atoms with E-state index in [2.05, 4.69) is 34.8 Å². The summed E-state index contributed by atoms with van der Waals surface area (Å²) in [6, 6.07) is 14.7. The van der Waals surface area contributed by atoms with E-state index in [0.717, 1.165) is 11.2 Å². The second-order valence-corrected chi connectivity index (χ2v) is 7.51. The first-order chi connectivity index (χ1) is 11.0. The predicted octanol–water partition coefficient (Wildman–Crippen LogP) is 3.31. The van der Waals surface area contributed by atoms with Crippen LogP contribution in [0.15, 0.2) is 53.4 Å². The van der Waals surface area contributed by atoms with Gasteiger partial charge in [-0.2, -0.15) is 0 Å². The van der Waals surface area contributed by atoms with E-state index in [0.29, 0.717) is 17.9 Å². The van der Waals surface area contributed by atoms with Gasteiger partial charge in [-0.15, -0.1) is 0 Å². The number of aryl methyl sites for hydroxylation is 2. The largest absolute Gasteiger partial charge is 0.358 e. The molecule has 23 heavy (non-hydrogen) atoms. The van der Waals surface area contributed by atoms with Gasteiger partial charge in [0.05, 0.1) is 4.90 Å². The molecule has 3 rings (SSSR count). The third-order valence-electron chi connectivity index (χ3n) is 4.00. The van der Waals surface area contributed by atoms with Crippen LogP contribution in [0, 0.1) is 13.8 Å². The van der Waals surface area contributed by atoms with Gasteiger partial charge in [0.1, 0.15) is 0 Å². The van der Waals surface area contributed by atoms with Crippen molar-refractivity contribution >= 4 is 20.9 Å². The Labute approximate surface area is 136 Å². The van der Waals surface area contributed by atoms with Crippen molar-refractivity contribution in [3.63, 3.8) is 0 Å². The second kappa shape index (κ2) is 6.18. The van der Waals surface area contributed by atoms with Crippen LogP contribution >= 0.6 is 0 Å². The highest BCUT2D eigenvalue weighted by Gasteiger charge is 2.14. The summed E-state index contributed by atoms with van der Waals surface area (Å²) in [4.78, 5) is 3.65. The Balaban J connectivity index is 1.77. The standard InChI is InChI=1S/C18H20N2O2S/c1-13-8-9-18-17(12-13)16(14(2)20-18)10-11-19-23(21,22)15-6-4-3-5-7-15/h3-9,12,19-20H,10-11H2,1-2H3. The van der Waals surface area contributed by atoms with E-state index < -0.39 is 10.0 Å². The molecule has 0 bridgehead atoms. The Bertz CT molecular complexity index is 928. The fraction of sp³-hybridized carbons (Fsp3) is 0.222. The van der Waals surface area contributed by atoms with E-state index >= 15 is 0 Å². The fourth-order valence-electron chi connectivity index (χ4n) is 2.81. The van der Waals surface area contributed by atoms with Crippen LogP contribution in [-0.2, 0) is 16.4 Å². The molecule has 0 saturated carbocycles. The minimum Gasteiger partial charge on any atom is -0.358 e. The van der Waals surface area contributed by atoms with Crippen molar-refractivity contribution in [2.75, 3.05) is 6.54 Å². The maximum Gasteiger partial charge on any atom is 0.240 e. The van der Waals surface area contributed by atoms with Gasteiger partial charge in [0.2, 0.25) is 10.0 Å².